The van der Waals surface area contributed by atoms with Crippen molar-refractivity contribution in [3.8, 4) is 22.6 Å². The largest absolute Gasteiger partial charge is 0.493 e. The summed E-state index contributed by atoms with van der Waals surface area (Å²) < 4.78 is 14.0. The van der Waals surface area contributed by atoms with E-state index in [1.54, 1.807) is 7.11 Å². The summed E-state index contributed by atoms with van der Waals surface area (Å²) in [6, 6.07) is 15.8. The number of ether oxygens (including phenoxy) is 2. The molecule has 0 spiro atoms. The standard InChI is InChI=1S/C32H38N4O4/c1-33(2)14-10-16-36-31(37)29-22(21-12-8-7-9-13-21)18-25-28(30(29)32(36)38)23-19-26(39-6)27(20-24(23)35(25)5)40-17-11-15-34(3)4/h7-9,12-13,18-20H,10-11,14-17H2,1-6H3. The van der Waals surface area contributed by atoms with Gasteiger partial charge < -0.3 is 23.8 Å². The number of hydrogen-bond acceptors (Lipinski definition) is 6. The highest BCUT2D eigenvalue weighted by molar-refractivity contribution is 6.32. The molecule has 5 rings (SSSR count). The molecule has 2 heterocycles. The highest BCUT2D eigenvalue weighted by Gasteiger charge is 2.40. The molecule has 0 saturated heterocycles. The van der Waals surface area contributed by atoms with Crippen molar-refractivity contribution in [2.24, 2.45) is 7.05 Å². The van der Waals surface area contributed by atoms with E-state index in [4.69, 9.17) is 9.47 Å². The molecule has 3 aromatic carbocycles. The lowest BCUT2D eigenvalue weighted by molar-refractivity contribution is 0.0650. The number of aromatic nitrogens is 1. The lowest BCUT2D eigenvalue weighted by Gasteiger charge is -2.16. The van der Waals surface area contributed by atoms with Crippen LogP contribution in [0.5, 0.6) is 11.5 Å². The van der Waals surface area contributed by atoms with E-state index in [0.717, 1.165) is 52.4 Å². The first-order valence-electron chi connectivity index (χ1n) is 13.7. The van der Waals surface area contributed by atoms with Crippen molar-refractivity contribution in [1.29, 1.82) is 0 Å². The predicted molar refractivity (Wildman–Crippen MR) is 160 cm³/mol. The summed E-state index contributed by atoms with van der Waals surface area (Å²) in [6.07, 6.45) is 1.59. The minimum atomic E-state index is -0.239. The van der Waals surface area contributed by atoms with Gasteiger partial charge in [0.1, 0.15) is 0 Å². The molecule has 0 bridgehead atoms. The second-order valence-electron chi connectivity index (χ2n) is 10.9. The predicted octanol–water partition coefficient (Wildman–Crippen LogP) is 4.89. The Hall–Kier alpha value is -3.88. The van der Waals surface area contributed by atoms with Crippen LogP contribution in [0, 0.1) is 0 Å². The second-order valence-corrected chi connectivity index (χ2v) is 10.9. The van der Waals surface area contributed by atoms with Gasteiger partial charge in [-0.3, -0.25) is 14.5 Å². The zero-order valence-electron chi connectivity index (χ0n) is 24.3. The molecule has 210 valence electrons. The van der Waals surface area contributed by atoms with Gasteiger partial charge >= 0.3 is 0 Å². The van der Waals surface area contributed by atoms with E-state index in [0.29, 0.717) is 42.2 Å². The first-order chi connectivity index (χ1) is 19.2. The molecule has 1 aliphatic rings. The molecule has 2 amide bonds. The fraction of sp³-hybridized carbons (Fsp3) is 0.375. The Kier molecular flexibility index (Phi) is 7.83. The number of imide groups is 1. The maximum absolute atomic E-state index is 14.0. The van der Waals surface area contributed by atoms with Crippen LogP contribution in [0.25, 0.3) is 32.9 Å². The molecule has 8 heteroatoms. The van der Waals surface area contributed by atoms with Crippen LogP contribution < -0.4 is 9.47 Å². The molecule has 0 aliphatic carbocycles. The van der Waals surface area contributed by atoms with Gasteiger partial charge in [0.25, 0.3) is 11.8 Å². The number of amides is 2. The number of aryl methyl sites for hydroxylation is 1. The molecule has 0 radical (unpaired) electrons. The topological polar surface area (TPSA) is 67.2 Å². The van der Waals surface area contributed by atoms with Crippen molar-refractivity contribution in [2.45, 2.75) is 12.8 Å². The number of rotatable bonds is 11. The Morgan fingerprint density at radius 2 is 1.48 bits per heavy atom. The van der Waals surface area contributed by atoms with Crippen LogP contribution in [0.15, 0.2) is 48.5 Å². The molecular formula is C32H38N4O4. The van der Waals surface area contributed by atoms with Crippen LogP contribution in [0.3, 0.4) is 0 Å². The highest BCUT2D eigenvalue weighted by atomic mass is 16.5. The van der Waals surface area contributed by atoms with Gasteiger partial charge in [-0.15, -0.1) is 0 Å². The smallest absolute Gasteiger partial charge is 0.262 e. The van der Waals surface area contributed by atoms with Crippen LogP contribution in [-0.4, -0.2) is 92.6 Å². The van der Waals surface area contributed by atoms with Crippen molar-refractivity contribution in [1.82, 2.24) is 19.3 Å². The van der Waals surface area contributed by atoms with E-state index < -0.39 is 0 Å². The minimum Gasteiger partial charge on any atom is -0.493 e. The van der Waals surface area contributed by atoms with Crippen molar-refractivity contribution in [3.63, 3.8) is 0 Å². The number of carbonyl (C=O) groups is 2. The molecule has 40 heavy (non-hydrogen) atoms. The Balaban J connectivity index is 1.70. The molecule has 8 nitrogen and oxygen atoms in total. The number of nitrogens with zero attached hydrogens (tertiary/aromatic N) is 4. The van der Waals surface area contributed by atoms with Crippen molar-refractivity contribution in [2.75, 3.05) is 61.5 Å². The third kappa shape index (κ3) is 4.93. The zero-order chi connectivity index (χ0) is 28.6. The van der Waals surface area contributed by atoms with Crippen LogP contribution in [0.1, 0.15) is 33.6 Å². The van der Waals surface area contributed by atoms with Crippen LogP contribution >= 0.6 is 0 Å². The first kappa shape index (κ1) is 27.7. The molecule has 1 aromatic heterocycles. The first-order valence-corrected chi connectivity index (χ1v) is 13.7. The molecule has 1 aliphatic heterocycles. The minimum absolute atomic E-state index is 0.232. The molecule has 0 N–H and O–H groups in total. The highest BCUT2D eigenvalue weighted by Crippen LogP contribution is 2.44. The van der Waals surface area contributed by atoms with Crippen molar-refractivity contribution < 1.29 is 19.1 Å². The Labute approximate surface area is 235 Å². The Morgan fingerprint density at radius 1 is 0.800 bits per heavy atom. The SMILES string of the molecule is COc1cc2c3c4c(c(-c5ccccc5)cc3n(C)c2cc1OCCCN(C)C)C(=O)N(CCCN(C)C)C4=O. The van der Waals surface area contributed by atoms with Gasteiger partial charge in [-0.25, -0.2) is 0 Å². The monoisotopic (exact) mass is 542 g/mol. The van der Waals surface area contributed by atoms with Gasteiger partial charge in [-0.1, -0.05) is 30.3 Å². The molecule has 0 fully saturated rings. The van der Waals surface area contributed by atoms with Gasteiger partial charge in [0.2, 0.25) is 0 Å². The maximum Gasteiger partial charge on any atom is 0.262 e. The van der Waals surface area contributed by atoms with Crippen LogP contribution in [-0.2, 0) is 7.05 Å². The van der Waals surface area contributed by atoms with E-state index in [1.165, 1.54) is 4.90 Å². The molecular weight excluding hydrogens is 504 g/mol. The van der Waals surface area contributed by atoms with Crippen molar-refractivity contribution in [3.05, 3.63) is 59.7 Å². The third-order valence-corrected chi connectivity index (χ3v) is 7.58. The van der Waals surface area contributed by atoms with Gasteiger partial charge in [-0.2, -0.15) is 0 Å². The van der Waals surface area contributed by atoms with Crippen LogP contribution in [0.4, 0.5) is 0 Å². The van der Waals surface area contributed by atoms with E-state index in [1.807, 2.05) is 83.8 Å². The number of carbonyl (C=O) groups excluding carboxylic acids is 2. The lowest BCUT2D eigenvalue weighted by atomic mass is 9.93. The van der Waals surface area contributed by atoms with Gasteiger partial charge in [0.05, 0.1) is 35.9 Å². The average molecular weight is 543 g/mol. The summed E-state index contributed by atoms with van der Waals surface area (Å²) in [5, 5.41) is 1.64. The maximum atomic E-state index is 14.0. The second kappa shape index (κ2) is 11.3. The summed E-state index contributed by atoms with van der Waals surface area (Å²) in [4.78, 5) is 33.5. The molecule has 4 aromatic rings. The summed E-state index contributed by atoms with van der Waals surface area (Å²) >= 11 is 0. The summed E-state index contributed by atoms with van der Waals surface area (Å²) in [5.74, 6) is 0.791. The fourth-order valence-electron chi connectivity index (χ4n) is 5.59. The number of hydrogen-bond donors (Lipinski definition) is 0. The number of benzene rings is 3. The Bertz CT molecular complexity index is 1570. The van der Waals surface area contributed by atoms with E-state index >= 15 is 0 Å². The zero-order valence-corrected chi connectivity index (χ0v) is 24.3. The fourth-order valence-corrected chi connectivity index (χ4v) is 5.59. The average Bonchev–Trinajstić information content (AvgIpc) is 3.35. The van der Waals surface area contributed by atoms with E-state index in [-0.39, 0.29) is 11.8 Å². The van der Waals surface area contributed by atoms with Gasteiger partial charge in [0, 0.05) is 37.0 Å². The summed E-state index contributed by atoms with van der Waals surface area (Å²) in [7, 11) is 11.7. The quantitative estimate of drug-likeness (QED) is 0.199. The van der Waals surface area contributed by atoms with E-state index in [2.05, 4.69) is 14.4 Å². The molecule has 0 atom stereocenters. The van der Waals surface area contributed by atoms with Crippen molar-refractivity contribution >= 4 is 33.6 Å². The number of methoxy groups -OCH3 is 1. The Morgan fingerprint density at radius 3 is 2.15 bits per heavy atom. The third-order valence-electron chi connectivity index (χ3n) is 7.58. The van der Waals surface area contributed by atoms with Gasteiger partial charge in [-0.05, 0) is 70.8 Å². The summed E-state index contributed by atoms with van der Waals surface area (Å²) in [6.45, 7) is 2.65. The van der Waals surface area contributed by atoms with Crippen LogP contribution in [0.2, 0.25) is 0 Å². The number of fused-ring (bicyclic) bond motifs is 5. The normalized spacial score (nSPS) is 13.3. The van der Waals surface area contributed by atoms with Gasteiger partial charge in [0.15, 0.2) is 11.5 Å². The molecule has 0 saturated carbocycles. The summed E-state index contributed by atoms with van der Waals surface area (Å²) in [5.41, 5.74) is 4.43. The van der Waals surface area contributed by atoms with E-state index in [9.17, 15) is 9.59 Å². The lowest BCUT2D eigenvalue weighted by Crippen LogP contribution is -2.32. The molecule has 0 unspecified atom stereocenters.